The molecule has 4 heterocycles. The lowest BCUT2D eigenvalue weighted by molar-refractivity contribution is -0.145. The molecular formula is C31H41N3O4S. The van der Waals surface area contributed by atoms with Crippen LogP contribution in [0.5, 0.6) is 0 Å². The minimum absolute atomic E-state index is 0.00374. The van der Waals surface area contributed by atoms with Crippen LogP contribution in [0.2, 0.25) is 0 Å². The molecule has 2 saturated heterocycles. The Bertz CT molecular complexity index is 1190. The second-order valence-corrected chi connectivity index (χ2v) is 13.0. The Balaban J connectivity index is 1.67. The summed E-state index contributed by atoms with van der Waals surface area (Å²) in [5.41, 5.74) is 2.86. The number of hydrogen-bond acceptors (Lipinski definition) is 5. The van der Waals surface area contributed by atoms with E-state index in [1.54, 1.807) is 16.7 Å². The molecule has 3 amide bonds. The van der Waals surface area contributed by atoms with Crippen LogP contribution in [0.4, 0.5) is 5.69 Å². The number of para-hydroxylation sites is 1. The van der Waals surface area contributed by atoms with Crippen molar-refractivity contribution < 1.29 is 19.5 Å². The maximum absolute atomic E-state index is 14.8. The lowest BCUT2D eigenvalue weighted by Gasteiger charge is -2.40. The lowest BCUT2D eigenvalue weighted by Crippen LogP contribution is -2.58. The van der Waals surface area contributed by atoms with Gasteiger partial charge in [0.05, 0.1) is 29.2 Å². The van der Waals surface area contributed by atoms with E-state index in [2.05, 4.69) is 19.1 Å². The lowest BCUT2D eigenvalue weighted by atomic mass is 9.78. The molecule has 5 rings (SSSR count). The first-order chi connectivity index (χ1) is 18.7. The molecule has 1 aromatic rings. The van der Waals surface area contributed by atoms with Crippen molar-refractivity contribution in [1.29, 1.82) is 0 Å². The first kappa shape index (κ1) is 28.0. The van der Waals surface area contributed by atoms with Crippen molar-refractivity contribution in [2.45, 2.75) is 69.5 Å². The number of carbonyl (C=O) groups is 3. The van der Waals surface area contributed by atoms with Crippen LogP contribution in [-0.4, -0.2) is 80.9 Å². The number of aliphatic hydroxyl groups is 1. The molecule has 0 radical (unpaired) electrons. The van der Waals surface area contributed by atoms with Crippen LogP contribution in [0.3, 0.4) is 0 Å². The molecule has 0 aromatic heterocycles. The van der Waals surface area contributed by atoms with Crippen LogP contribution in [0.1, 0.15) is 44.7 Å². The molecule has 2 fully saturated rings. The van der Waals surface area contributed by atoms with Gasteiger partial charge in [0.1, 0.15) is 6.04 Å². The zero-order chi connectivity index (χ0) is 28.1. The zero-order valence-electron chi connectivity index (χ0n) is 23.7. The molecule has 0 aliphatic carbocycles. The number of aryl methyl sites for hydroxylation is 2. The highest BCUT2D eigenvalue weighted by atomic mass is 32.2. The van der Waals surface area contributed by atoms with Crippen LogP contribution in [0.15, 0.2) is 42.5 Å². The van der Waals surface area contributed by atoms with E-state index in [4.69, 9.17) is 0 Å². The molecule has 1 N–H and O–H groups in total. The van der Waals surface area contributed by atoms with E-state index in [1.165, 1.54) is 0 Å². The van der Waals surface area contributed by atoms with E-state index in [9.17, 15) is 19.5 Å². The minimum atomic E-state index is -0.884. The normalized spacial score (nSPS) is 31.6. The van der Waals surface area contributed by atoms with Crippen molar-refractivity contribution in [2.75, 3.05) is 31.1 Å². The predicted molar refractivity (Wildman–Crippen MR) is 155 cm³/mol. The summed E-state index contributed by atoms with van der Waals surface area (Å²) < 4.78 is -0.884. The zero-order valence-corrected chi connectivity index (χ0v) is 24.5. The molecular weight excluding hydrogens is 510 g/mol. The van der Waals surface area contributed by atoms with Crippen molar-refractivity contribution >= 4 is 35.2 Å². The highest BCUT2D eigenvalue weighted by Gasteiger charge is 2.72. The van der Waals surface area contributed by atoms with Gasteiger partial charge in [0.15, 0.2) is 0 Å². The summed E-state index contributed by atoms with van der Waals surface area (Å²) in [4.78, 5) is 48.7. The number of carbonyl (C=O) groups excluding carboxylic acids is 3. The smallest absolute Gasteiger partial charge is 0.251 e. The van der Waals surface area contributed by atoms with E-state index in [-0.39, 0.29) is 35.5 Å². The third kappa shape index (κ3) is 4.26. The number of benzene rings is 1. The fourth-order valence-corrected chi connectivity index (χ4v) is 9.20. The number of anilines is 1. The Morgan fingerprint density at radius 2 is 1.77 bits per heavy atom. The van der Waals surface area contributed by atoms with Crippen molar-refractivity contribution in [1.82, 2.24) is 9.80 Å². The molecule has 4 aliphatic heterocycles. The summed E-state index contributed by atoms with van der Waals surface area (Å²) >= 11 is 1.60. The van der Waals surface area contributed by atoms with E-state index in [0.717, 1.165) is 29.7 Å². The quantitative estimate of drug-likeness (QED) is 0.523. The summed E-state index contributed by atoms with van der Waals surface area (Å²) in [6.45, 7) is 11.5. The number of hydrogen-bond donors (Lipinski definition) is 1. The Kier molecular flexibility index (Phi) is 7.72. The molecule has 1 unspecified atom stereocenters. The van der Waals surface area contributed by atoms with Gasteiger partial charge in [0.25, 0.3) is 5.91 Å². The van der Waals surface area contributed by atoms with Crippen LogP contribution in [-0.2, 0) is 14.4 Å². The monoisotopic (exact) mass is 551 g/mol. The summed E-state index contributed by atoms with van der Waals surface area (Å²) in [6.07, 6.45) is 9.79. The summed E-state index contributed by atoms with van der Waals surface area (Å²) in [5.74, 6) is -1.53. The van der Waals surface area contributed by atoms with Crippen molar-refractivity contribution in [3.05, 3.63) is 53.6 Å². The molecule has 39 heavy (non-hydrogen) atoms. The SMILES string of the molecule is CCCN1CC=C[C@H]2S[C@]34C=CCN(c5c(C)cccc5C)C(=O)C3N([C@@H](CO)[C@@H](C)CC)C(=O)[C@@H]4[C@H]2C1=O. The maximum atomic E-state index is 14.8. The summed E-state index contributed by atoms with van der Waals surface area (Å²) in [5, 5.41) is 10.4. The topological polar surface area (TPSA) is 81.2 Å². The Labute approximate surface area is 236 Å². The Morgan fingerprint density at radius 1 is 1.05 bits per heavy atom. The molecule has 1 aromatic carbocycles. The van der Waals surface area contributed by atoms with Crippen LogP contribution < -0.4 is 4.90 Å². The Hall–Kier alpha value is -2.58. The van der Waals surface area contributed by atoms with Gasteiger partial charge in [-0.2, -0.15) is 0 Å². The molecule has 0 bridgehead atoms. The van der Waals surface area contributed by atoms with Gasteiger partial charge < -0.3 is 19.8 Å². The number of nitrogens with zero attached hydrogens (tertiary/aromatic N) is 3. The minimum Gasteiger partial charge on any atom is -0.394 e. The van der Waals surface area contributed by atoms with Crippen molar-refractivity contribution in [3.8, 4) is 0 Å². The highest BCUT2D eigenvalue weighted by Crippen LogP contribution is 2.61. The molecule has 1 spiro atoms. The number of likely N-dealkylation sites (tertiary alicyclic amines) is 1. The van der Waals surface area contributed by atoms with Crippen LogP contribution in [0.25, 0.3) is 0 Å². The number of thioether (sulfide) groups is 1. The average Bonchev–Trinajstić information content (AvgIpc) is 3.23. The van der Waals surface area contributed by atoms with Gasteiger partial charge in [-0.15, -0.1) is 11.8 Å². The van der Waals surface area contributed by atoms with Gasteiger partial charge in [-0.25, -0.2) is 0 Å². The van der Waals surface area contributed by atoms with E-state index in [0.29, 0.717) is 19.6 Å². The second-order valence-electron chi connectivity index (χ2n) is 11.5. The summed E-state index contributed by atoms with van der Waals surface area (Å²) in [6, 6.07) is 4.68. The highest BCUT2D eigenvalue weighted by molar-refractivity contribution is 8.02. The molecule has 8 heteroatoms. The van der Waals surface area contributed by atoms with E-state index in [1.807, 2.05) is 67.8 Å². The number of fused-ring (bicyclic) bond motifs is 2. The van der Waals surface area contributed by atoms with Gasteiger partial charge >= 0.3 is 0 Å². The van der Waals surface area contributed by atoms with Crippen molar-refractivity contribution in [3.63, 3.8) is 0 Å². The second kappa shape index (κ2) is 10.8. The van der Waals surface area contributed by atoms with Gasteiger partial charge in [0.2, 0.25) is 11.8 Å². The first-order valence-corrected chi connectivity index (χ1v) is 15.2. The third-order valence-electron chi connectivity index (χ3n) is 9.23. The van der Waals surface area contributed by atoms with Crippen LogP contribution >= 0.6 is 11.8 Å². The predicted octanol–water partition coefficient (Wildman–Crippen LogP) is 3.72. The van der Waals surface area contributed by atoms with Gasteiger partial charge in [-0.05, 0) is 37.3 Å². The number of aliphatic hydroxyl groups excluding tert-OH is 1. The largest absolute Gasteiger partial charge is 0.394 e. The maximum Gasteiger partial charge on any atom is 0.251 e. The fraction of sp³-hybridized carbons (Fsp3) is 0.581. The van der Waals surface area contributed by atoms with Crippen LogP contribution in [0, 0.1) is 31.6 Å². The molecule has 210 valence electrons. The third-order valence-corrected chi connectivity index (χ3v) is 11.0. The van der Waals surface area contributed by atoms with Crippen molar-refractivity contribution in [2.24, 2.45) is 17.8 Å². The standard InChI is InChI=1S/C31H41N3O4S/c1-6-15-32-16-9-13-23-24(28(32)36)25-29(37)34(22(18-35)19(3)7-2)27-30(38)33(17-10-14-31(25,27)39-23)26-20(4)11-8-12-21(26)5/h8-14,19,22-25,27,35H,6-7,15-18H2,1-5H3/t19-,22-,23+,24-,25-,27?,31-/m0/s1. The molecule has 4 aliphatic rings. The first-order valence-electron chi connectivity index (χ1n) is 14.3. The average molecular weight is 552 g/mol. The number of rotatable bonds is 7. The fourth-order valence-electron chi connectivity index (χ4n) is 7.20. The van der Waals surface area contributed by atoms with E-state index < -0.39 is 28.7 Å². The van der Waals surface area contributed by atoms with Gasteiger partial charge in [-0.3, -0.25) is 14.4 Å². The summed E-state index contributed by atoms with van der Waals surface area (Å²) in [7, 11) is 0. The molecule has 7 atom stereocenters. The molecule has 0 saturated carbocycles. The van der Waals surface area contributed by atoms with Gasteiger partial charge in [0, 0.05) is 30.6 Å². The van der Waals surface area contributed by atoms with Gasteiger partial charge in [-0.1, -0.05) is 69.7 Å². The Morgan fingerprint density at radius 3 is 2.41 bits per heavy atom. The van der Waals surface area contributed by atoms with E-state index >= 15 is 0 Å². The number of amides is 3. The molecule has 7 nitrogen and oxygen atoms in total.